The van der Waals surface area contributed by atoms with Crippen molar-refractivity contribution in [1.29, 1.82) is 0 Å². The van der Waals surface area contributed by atoms with Crippen LogP contribution in [0.2, 0.25) is 0 Å². The normalized spacial score (nSPS) is 17.7. The van der Waals surface area contributed by atoms with Crippen LogP contribution in [0.5, 0.6) is 0 Å². The number of oxime groups is 1. The Morgan fingerprint density at radius 2 is 1.82 bits per heavy atom. The number of carbonyl (C=O) groups excluding carboxylic acids is 2. The summed E-state index contributed by atoms with van der Waals surface area (Å²) in [5, 5.41) is 7.05. The molecule has 2 aromatic rings. The van der Waals surface area contributed by atoms with Gasteiger partial charge in [0.2, 0.25) is 0 Å². The van der Waals surface area contributed by atoms with Gasteiger partial charge >= 0.3 is 5.97 Å². The van der Waals surface area contributed by atoms with Crippen molar-refractivity contribution in [1.82, 2.24) is 5.32 Å². The first-order chi connectivity index (χ1) is 16.5. The van der Waals surface area contributed by atoms with Crippen molar-refractivity contribution >= 4 is 17.6 Å². The largest absolute Gasteiger partial charge is 0.462 e. The number of nitrogens with zero attached hydrogens (tertiary/aromatic N) is 1. The Morgan fingerprint density at radius 3 is 2.65 bits per heavy atom. The number of aryl methyl sites for hydroxylation is 2. The van der Waals surface area contributed by atoms with E-state index in [4.69, 9.17) is 9.57 Å². The Bertz CT molecular complexity index is 1070. The van der Waals surface area contributed by atoms with E-state index in [-0.39, 0.29) is 18.5 Å². The van der Waals surface area contributed by atoms with Gasteiger partial charge < -0.3 is 14.9 Å². The zero-order valence-corrected chi connectivity index (χ0v) is 19.9. The number of benzene rings is 2. The second-order valence-corrected chi connectivity index (χ2v) is 8.29. The van der Waals surface area contributed by atoms with Gasteiger partial charge in [-0.25, -0.2) is 4.79 Å². The van der Waals surface area contributed by atoms with Crippen molar-refractivity contribution in [2.24, 2.45) is 5.16 Å². The molecule has 0 bridgehead atoms. The topological polar surface area (TPSA) is 77.0 Å². The molecule has 6 heteroatoms. The Kier molecular flexibility index (Phi) is 9.65. The molecule has 0 fully saturated rings. The molecule has 1 aliphatic heterocycles. The summed E-state index contributed by atoms with van der Waals surface area (Å²) in [5.74, 6) is -0.582. The molecular formula is C28H32N2O4. The van der Waals surface area contributed by atoms with Gasteiger partial charge in [0.1, 0.15) is 0 Å². The molecule has 178 valence electrons. The van der Waals surface area contributed by atoms with Crippen LogP contribution in [0.25, 0.3) is 0 Å². The maximum Gasteiger partial charge on any atom is 0.338 e. The second kappa shape index (κ2) is 13.1. The number of ether oxygens (including phenoxy) is 1. The number of cyclic esters (lactones) is 1. The maximum atomic E-state index is 12.8. The van der Waals surface area contributed by atoms with Crippen LogP contribution in [0.3, 0.4) is 0 Å². The molecule has 0 spiro atoms. The van der Waals surface area contributed by atoms with Crippen LogP contribution in [-0.2, 0) is 27.3 Å². The van der Waals surface area contributed by atoms with E-state index < -0.39 is 0 Å². The van der Waals surface area contributed by atoms with Crippen molar-refractivity contribution in [2.75, 3.05) is 13.2 Å². The van der Waals surface area contributed by atoms with Gasteiger partial charge in [-0.05, 0) is 55.9 Å². The number of hydrogen-bond donors (Lipinski definition) is 1. The van der Waals surface area contributed by atoms with E-state index in [2.05, 4.69) is 16.5 Å². The lowest BCUT2D eigenvalue weighted by molar-refractivity contribution is -0.125. The Hall–Kier alpha value is -3.67. The highest BCUT2D eigenvalue weighted by Gasteiger charge is 2.18. The van der Waals surface area contributed by atoms with Crippen molar-refractivity contribution in [3.05, 3.63) is 94.6 Å². The summed E-state index contributed by atoms with van der Waals surface area (Å²) < 4.78 is 5.51. The zero-order valence-electron chi connectivity index (χ0n) is 19.9. The molecule has 0 aliphatic carbocycles. The molecule has 6 nitrogen and oxygen atoms in total. The minimum Gasteiger partial charge on any atom is -0.462 e. The van der Waals surface area contributed by atoms with Crippen molar-refractivity contribution in [2.45, 2.75) is 46.1 Å². The fourth-order valence-corrected chi connectivity index (χ4v) is 3.76. The number of hydrogen-bond acceptors (Lipinski definition) is 5. The highest BCUT2D eigenvalue weighted by atomic mass is 16.6. The molecule has 0 saturated carbocycles. The number of carbonyl (C=O) groups is 2. The summed E-state index contributed by atoms with van der Waals surface area (Å²) in [6, 6.07) is 13.6. The van der Waals surface area contributed by atoms with Gasteiger partial charge in [-0.15, -0.1) is 0 Å². The molecule has 1 amide bonds. The van der Waals surface area contributed by atoms with Crippen LogP contribution >= 0.6 is 0 Å². The molecule has 0 aromatic heterocycles. The third-order valence-corrected chi connectivity index (χ3v) is 5.34. The quantitative estimate of drug-likeness (QED) is 0.388. The van der Waals surface area contributed by atoms with E-state index in [9.17, 15) is 9.59 Å². The van der Waals surface area contributed by atoms with E-state index in [0.717, 1.165) is 35.1 Å². The summed E-state index contributed by atoms with van der Waals surface area (Å²) in [4.78, 5) is 30.4. The fraction of sp³-hybridized carbons (Fsp3) is 0.321. The second-order valence-electron chi connectivity index (χ2n) is 8.29. The number of esters is 1. The van der Waals surface area contributed by atoms with E-state index in [1.54, 1.807) is 0 Å². The SMILES string of the molecule is Cc1cc(C)c2c(c1)CC(=N/OCC(=O)NCc1ccccc1)/C=C/CC/C=C/CCOC2=O. The maximum absolute atomic E-state index is 12.8. The molecule has 1 N–H and O–H groups in total. The Balaban J connectivity index is 1.73. The lowest BCUT2D eigenvalue weighted by Gasteiger charge is -2.14. The average Bonchev–Trinajstić information content (AvgIpc) is 2.81. The number of nitrogens with one attached hydrogen (secondary N) is 1. The molecule has 2 aromatic carbocycles. The molecule has 34 heavy (non-hydrogen) atoms. The van der Waals surface area contributed by atoms with Crippen molar-refractivity contribution in [3.8, 4) is 0 Å². The lowest BCUT2D eigenvalue weighted by Crippen LogP contribution is -2.26. The van der Waals surface area contributed by atoms with Crippen LogP contribution in [-0.4, -0.2) is 30.8 Å². The molecule has 0 saturated heterocycles. The third kappa shape index (κ3) is 8.03. The van der Waals surface area contributed by atoms with E-state index in [1.807, 2.05) is 74.5 Å². The first-order valence-electron chi connectivity index (χ1n) is 11.6. The number of allylic oxidation sites excluding steroid dienone is 3. The van der Waals surface area contributed by atoms with Gasteiger partial charge in [0.15, 0.2) is 6.61 Å². The fourth-order valence-electron chi connectivity index (χ4n) is 3.76. The van der Waals surface area contributed by atoms with Crippen LogP contribution in [0.4, 0.5) is 0 Å². The van der Waals surface area contributed by atoms with Gasteiger partial charge in [0.05, 0.1) is 17.9 Å². The first kappa shape index (κ1) is 25.0. The molecule has 3 rings (SSSR count). The predicted molar refractivity (Wildman–Crippen MR) is 134 cm³/mol. The predicted octanol–water partition coefficient (Wildman–Crippen LogP) is 4.99. The molecule has 1 aliphatic rings. The standard InChI is InChI=1S/C28H32N2O4/c1-21-16-22(2)27-24(17-21)18-25(14-10-5-3-4-6-11-15-33-28(27)32)30-34-20-26(31)29-19-23-12-8-7-9-13-23/h4,6-10,12-14,16-17H,3,5,11,15,18-20H2,1-2H3,(H,29,31)/b6-4+,14-10+,30-25+. The minimum atomic E-state index is -0.331. The van der Waals surface area contributed by atoms with E-state index >= 15 is 0 Å². The van der Waals surface area contributed by atoms with Gasteiger partial charge in [-0.3, -0.25) is 4.79 Å². The average molecular weight is 461 g/mol. The monoisotopic (exact) mass is 460 g/mol. The van der Waals surface area contributed by atoms with Crippen LogP contribution in [0.15, 0.2) is 71.9 Å². The summed E-state index contributed by atoms with van der Waals surface area (Å²) in [7, 11) is 0. The summed E-state index contributed by atoms with van der Waals surface area (Å²) in [5.41, 5.74) is 4.96. The smallest absolute Gasteiger partial charge is 0.338 e. The Morgan fingerprint density at radius 1 is 1.06 bits per heavy atom. The molecule has 0 radical (unpaired) electrons. The van der Waals surface area contributed by atoms with Gasteiger partial charge in [0.25, 0.3) is 5.91 Å². The third-order valence-electron chi connectivity index (χ3n) is 5.34. The van der Waals surface area contributed by atoms with Gasteiger partial charge in [-0.1, -0.05) is 71.4 Å². The van der Waals surface area contributed by atoms with Gasteiger partial charge in [-0.2, -0.15) is 0 Å². The summed E-state index contributed by atoms with van der Waals surface area (Å²) in [6.07, 6.45) is 10.9. The van der Waals surface area contributed by atoms with Crippen LogP contribution in [0, 0.1) is 13.8 Å². The molecule has 0 unspecified atom stereocenters. The minimum absolute atomic E-state index is 0.186. The van der Waals surface area contributed by atoms with Crippen molar-refractivity contribution < 1.29 is 19.2 Å². The molecule has 1 heterocycles. The highest BCUT2D eigenvalue weighted by Crippen LogP contribution is 2.20. The van der Waals surface area contributed by atoms with Gasteiger partial charge in [0, 0.05) is 13.0 Å². The van der Waals surface area contributed by atoms with Crippen LogP contribution < -0.4 is 5.32 Å². The van der Waals surface area contributed by atoms with E-state index in [0.29, 0.717) is 37.3 Å². The van der Waals surface area contributed by atoms with Crippen molar-refractivity contribution in [3.63, 3.8) is 0 Å². The lowest BCUT2D eigenvalue weighted by atomic mass is 9.95. The molecular weight excluding hydrogens is 428 g/mol. The summed E-state index contributed by atoms with van der Waals surface area (Å²) in [6.45, 7) is 4.50. The number of fused-ring (bicyclic) bond motifs is 1. The summed E-state index contributed by atoms with van der Waals surface area (Å²) >= 11 is 0. The number of amides is 1. The number of rotatable bonds is 5. The van der Waals surface area contributed by atoms with Crippen LogP contribution in [0.1, 0.15) is 51.9 Å². The Labute approximate surface area is 201 Å². The highest BCUT2D eigenvalue weighted by molar-refractivity contribution is 6.00. The zero-order chi connectivity index (χ0) is 24.2. The first-order valence-corrected chi connectivity index (χ1v) is 11.6. The van der Waals surface area contributed by atoms with E-state index in [1.165, 1.54) is 0 Å². The molecule has 0 atom stereocenters.